The van der Waals surface area contributed by atoms with Crippen LogP contribution in [0.15, 0.2) is 36.7 Å². The summed E-state index contributed by atoms with van der Waals surface area (Å²) < 4.78 is 5.33. The van der Waals surface area contributed by atoms with Gasteiger partial charge in [0.2, 0.25) is 5.95 Å². The predicted octanol–water partition coefficient (Wildman–Crippen LogP) is 2.32. The van der Waals surface area contributed by atoms with E-state index in [9.17, 15) is 4.79 Å². The van der Waals surface area contributed by atoms with E-state index >= 15 is 0 Å². The fourth-order valence-corrected chi connectivity index (χ4v) is 1.43. The van der Waals surface area contributed by atoms with E-state index in [2.05, 4.69) is 15.3 Å². The highest BCUT2D eigenvalue weighted by Gasteiger charge is 2.04. The van der Waals surface area contributed by atoms with Crippen molar-refractivity contribution in [2.75, 3.05) is 11.9 Å². The van der Waals surface area contributed by atoms with Gasteiger partial charge in [0.25, 0.3) is 0 Å². The number of nitrogens with zero attached hydrogens (tertiary/aromatic N) is 2. The van der Waals surface area contributed by atoms with E-state index in [0.717, 1.165) is 11.4 Å². The number of hydrogen-bond acceptors (Lipinski definition) is 5. The van der Waals surface area contributed by atoms with Crippen molar-refractivity contribution in [3.05, 3.63) is 42.2 Å². The number of benzene rings is 1. The van der Waals surface area contributed by atoms with Crippen LogP contribution in [0.5, 0.6) is 5.75 Å². The molecule has 0 saturated carbocycles. The zero-order valence-electron chi connectivity index (χ0n) is 10.3. The summed E-state index contributed by atoms with van der Waals surface area (Å²) in [5.74, 6) is 0.0805. The van der Waals surface area contributed by atoms with Crippen LogP contribution in [0, 0.1) is 0 Å². The molecule has 0 radical (unpaired) electrons. The molecule has 1 aromatic carbocycles. The molecule has 0 aliphatic rings. The van der Waals surface area contributed by atoms with E-state index in [1.165, 1.54) is 12.4 Å². The molecule has 6 nitrogen and oxygen atoms in total. The van der Waals surface area contributed by atoms with E-state index in [4.69, 9.17) is 9.84 Å². The second-order valence-electron chi connectivity index (χ2n) is 3.68. The number of aromatic nitrogens is 2. The van der Waals surface area contributed by atoms with Crippen LogP contribution in [0.1, 0.15) is 17.3 Å². The Morgan fingerprint density at radius 2 is 1.89 bits per heavy atom. The van der Waals surface area contributed by atoms with Crippen LogP contribution in [0.3, 0.4) is 0 Å². The van der Waals surface area contributed by atoms with Crippen molar-refractivity contribution in [2.24, 2.45) is 0 Å². The smallest absolute Gasteiger partial charge is 0.338 e. The average Bonchev–Trinajstić information content (AvgIpc) is 2.42. The van der Waals surface area contributed by atoms with Gasteiger partial charge in [-0.3, -0.25) is 0 Å². The van der Waals surface area contributed by atoms with Crippen molar-refractivity contribution in [2.45, 2.75) is 6.92 Å². The summed E-state index contributed by atoms with van der Waals surface area (Å²) in [4.78, 5) is 18.5. The molecule has 0 aliphatic heterocycles. The van der Waals surface area contributed by atoms with Crippen LogP contribution in [-0.4, -0.2) is 27.7 Å². The molecule has 19 heavy (non-hydrogen) atoms. The molecule has 0 unspecified atom stereocenters. The van der Waals surface area contributed by atoms with Gasteiger partial charge >= 0.3 is 5.97 Å². The Hall–Kier alpha value is -2.63. The van der Waals surface area contributed by atoms with Crippen molar-refractivity contribution in [1.29, 1.82) is 0 Å². The summed E-state index contributed by atoms with van der Waals surface area (Å²) in [6, 6.07) is 7.33. The minimum atomic E-state index is -1.05. The summed E-state index contributed by atoms with van der Waals surface area (Å²) in [7, 11) is 0. The molecular weight excluding hydrogens is 246 g/mol. The zero-order valence-corrected chi connectivity index (χ0v) is 10.3. The number of ether oxygens (including phenoxy) is 1. The average molecular weight is 259 g/mol. The molecule has 2 aromatic rings. The summed E-state index contributed by atoms with van der Waals surface area (Å²) in [5, 5.41) is 11.7. The maximum atomic E-state index is 10.7. The number of carboxylic acids is 1. The molecule has 2 N–H and O–H groups in total. The molecule has 1 aromatic heterocycles. The SMILES string of the molecule is CCOc1ccc(Nc2ncc(C(=O)O)cn2)cc1. The first kappa shape index (κ1) is 12.8. The van der Waals surface area contributed by atoms with Crippen molar-refractivity contribution >= 4 is 17.6 Å². The first-order valence-electron chi connectivity index (χ1n) is 5.74. The maximum absolute atomic E-state index is 10.7. The number of carbonyl (C=O) groups is 1. The fraction of sp³-hybridized carbons (Fsp3) is 0.154. The fourth-order valence-electron chi connectivity index (χ4n) is 1.43. The van der Waals surface area contributed by atoms with Gasteiger partial charge in [-0.1, -0.05) is 0 Å². The molecule has 98 valence electrons. The lowest BCUT2D eigenvalue weighted by atomic mass is 10.3. The molecule has 0 bridgehead atoms. The number of nitrogens with one attached hydrogen (secondary N) is 1. The number of carboxylic acid groups (broad SMARTS) is 1. The molecule has 6 heteroatoms. The van der Waals surface area contributed by atoms with E-state index < -0.39 is 5.97 Å². The highest BCUT2D eigenvalue weighted by Crippen LogP contribution is 2.17. The van der Waals surface area contributed by atoms with E-state index in [1.807, 2.05) is 31.2 Å². The Kier molecular flexibility index (Phi) is 3.92. The van der Waals surface area contributed by atoms with E-state index in [1.54, 1.807) is 0 Å². The number of anilines is 2. The van der Waals surface area contributed by atoms with Crippen LogP contribution >= 0.6 is 0 Å². The first-order valence-corrected chi connectivity index (χ1v) is 5.74. The molecule has 0 amide bonds. The number of aromatic carboxylic acids is 1. The van der Waals surface area contributed by atoms with Crippen molar-refractivity contribution in [1.82, 2.24) is 9.97 Å². The molecule has 0 aliphatic carbocycles. The Labute approximate surface area is 110 Å². The van der Waals surface area contributed by atoms with E-state index in [0.29, 0.717) is 12.6 Å². The minimum Gasteiger partial charge on any atom is -0.494 e. The summed E-state index contributed by atoms with van der Waals surface area (Å²) in [6.45, 7) is 2.54. The van der Waals surface area contributed by atoms with Crippen molar-refractivity contribution < 1.29 is 14.6 Å². The van der Waals surface area contributed by atoms with Gasteiger partial charge in [0, 0.05) is 18.1 Å². The molecule has 0 atom stereocenters. The normalized spacial score (nSPS) is 9.95. The standard InChI is InChI=1S/C13H13N3O3/c1-2-19-11-5-3-10(4-6-11)16-13-14-7-9(8-15-13)12(17)18/h3-8H,2H2,1H3,(H,17,18)(H,14,15,16). The lowest BCUT2D eigenvalue weighted by molar-refractivity contribution is 0.0696. The van der Waals surface area contributed by atoms with Gasteiger partial charge in [0.1, 0.15) is 5.75 Å². The Morgan fingerprint density at radius 1 is 1.26 bits per heavy atom. The molecule has 2 rings (SSSR count). The zero-order chi connectivity index (χ0) is 13.7. The van der Waals surface area contributed by atoms with Gasteiger partial charge in [-0.15, -0.1) is 0 Å². The largest absolute Gasteiger partial charge is 0.494 e. The third-order valence-electron chi connectivity index (χ3n) is 2.32. The van der Waals surface area contributed by atoms with Gasteiger partial charge in [-0.25, -0.2) is 14.8 Å². The third kappa shape index (κ3) is 3.41. The highest BCUT2D eigenvalue weighted by molar-refractivity contribution is 5.86. The van der Waals surface area contributed by atoms with Gasteiger partial charge in [0.05, 0.1) is 12.2 Å². The van der Waals surface area contributed by atoms with Crippen molar-refractivity contribution in [3.8, 4) is 5.75 Å². The topological polar surface area (TPSA) is 84.3 Å². The predicted molar refractivity (Wildman–Crippen MR) is 69.9 cm³/mol. The van der Waals surface area contributed by atoms with Gasteiger partial charge in [0.15, 0.2) is 0 Å². The van der Waals surface area contributed by atoms with Crippen LogP contribution in [-0.2, 0) is 0 Å². The van der Waals surface area contributed by atoms with Gasteiger partial charge < -0.3 is 15.2 Å². The maximum Gasteiger partial charge on any atom is 0.338 e. The first-order chi connectivity index (χ1) is 9.19. The van der Waals surface area contributed by atoms with Crippen LogP contribution < -0.4 is 10.1 Å². The van der Waals surface area contributed by atoms with Crippen LogP contribution in [0.25, 0.3) is 0 Å². The van der Waals surface area contributed by atoms with Crippen LogP contribution in [0.2, 0.25) is 0 Å². The molecule has 0 spiro atoms. The quantitative estimate of drug-likeness (QED) is 0.857. The highest BCUT2D eigenvalue weighted by atomic mass is 16.5. The van der Waals surface area contributed by atoms with E-state index in [-0.39, 0.29) is 5.56 Å². The monoisotopic (exact) mass is 259 g/mol. The molecular formula is C13H13N3O3. The molecule has 0 saturated heterocycles. The Balaban J connectivity index is 2.06. The lowest BCUT2D eigenvalue weighted by Crippen LogP contribution is -2.02. The molecule has 0 fully saturated rings. The summed E-state index contributed by atoms with van der Waals surface area (Å²) >= 11 is 0. The minimum absolute atomic E-state index is 0.0530. The Bertz CT molecular complexity index is 552. The molecule has 1 heterocycles. The lowest BCUT2D eigenvalue weighted by Gasteiger charge is -2.06. The van der Waals surface area contributed by atoms with Crippen LogP contribution in [0.4, 0.5) is 11.6 Å². The summed E-state index contributed by atoms with van der Waals surface area (Å²) in [6.07, 6.45) is 2.51. The Morgan fingerprint density at radius 3 is 2.42 bits per heavy atom. The van der Waals surface area contributed by atoms with Gasteiger partial charge in [-0.2, -0.15) is 0 Å². The number of rotatable bonds is 5. The summed E-state index contributed by atoms with van der Waals surface area (Å²) in [5.41, 5.74) is 0.851. The number of hydrogen-bond donors (Lipinski definition) is 2. The third-order valence-corrected chi connectivity index (χ3v) is 2.32. The van der Waals surface area contributed by atoms with Gasteiger partial charge in [-0.05, 0) is 31.2 Å². The van der Waals surface area contributed by atoms with Crippen molar-refractivity contribution in [3.63, 3.8) is 0 Å². The second kappa shape index (κ2) is 5.81. The second-order valence-corrected chi connectivity index (χ2v) is 3.68.